The second-order valence-electron chi connectivity index (χ2n) is 3.85. The summed E-state index contributed by atoms with van der Waals surface area (Å²) < 4.78 is 4.92. The average Bonchev–Trinajstić information content (AvgIpc) is 1.82. The number of ether oxygens (including phenoxy) is 1. The molecule has 5 heteroatoms. The zero-order chi connectivity index (χ0) is 10.7. The molecule has 0 rings (SSSR count). The maximum Gasteiger partial charge on any atom is 0.350 e. The number of aliphatic imine (C=N–C) groups is 1. The van der Waals surface area contributed by atoms with Crippen LogP contribution in [0.1, 0.15) is 27.7 Å². The van der Waals surface area contributed by atoms with E-state index < -0.39 is 17.2 Å². The molecule has 0 fully saturated rings. The molecule has 5 nitrogen and oxygen atoms in total. The quantitative estimate of drug-likeness (QED) is 0.383. The molecular weight excluding hydrogens is 172 g/mol. The second kappa shape index (κ2) is 3.68. The molecule has 2 N–H and O–H groups in total. The number of carbonyl (C=O) groups excluding carboxylic acids is 2. The fraction of sp³-hybridized carbons (Fsp3) is 0.750. The number of carbonyl (C=O) groups is 1. The van der Waals surface area contributed by atoms with Crippen LogP contribution in [0, 0.1) is 0 Å². The third-order valence-corrected chi connectivity index (χ3v) is 1.09. The number of hydrogen-bond acceptors (Lipinski definition) is 5. The molecule has 0 heterocycles. The van der Waals surface area contributed by atoms with Crippen molar-refractivity contribution in [2.45, 2.75) is 39.0 Å². The van der Waals surface area contributed by atoms with E-state index in [0.29, 0.717) is 0 Å². The minimum absolute atomic E-state index is 0.643. The van der Waals surface area contributed by atoms with E-state index in [2.05, 4.69) is 4.99 Å². The summed E-state index contributed by atoms with van der Waals surface area (Å²) in [5.41, 5.74) is 3.09. The summed E-state index contributed by atoms with van der Waals surface area (Å²) in [4.78, 5) is 24.3. The maximum absolute atomic E-state index is 11.3. The largest absolute Gasteiger partial charge is 0.457 e. The van der Waals surface area contributed by atoms with Gasteiger partial charge in [-0.1, -0.05) is 0 Å². The van der Waals surface area contributed by atoms with Crippen LogP contribution in [0.15, 0.2) is 4.99 Å². The molecule has 1 atom stereocenters. The first-order valence-electron chi connectivity index (χ1n) is 3.80. The minimum Gasteiger partial charge on any atom is -0.457 e. The lowest BCUT2D eigenvalue weighted by Crippen LogP contribution is -2.46. The van der Waals surface area contributed by atoms with Crippen molar-refractivity contribution in [3.8, 4) is 0 Å². The highest BCUT2D eigenvalue weighted by atomic mass is 16.6. The Balaban J connectivity index is 4.52. The highest BCUT2D eigenvalue weighted by Crippen LogP contribution is 2.12. The van der Waals surface area contributed by atoms with E-state index in [1.54, 1.807) is 20.8 Å². The molecule has 0 spiro atoms. The number of rotatable bonds is 2. The summed E-state index contributed by atoms with van der Waals surface area (Å²) in [7, 11) is 0. The number of hydrogen-bond donors (Lipinski definition) is 1. The van der Waals surface area contributed by atoms with Gasteiger partial charge in [0.25, 0.3) is 0 Å². The highest BCUT2D eigenvalue weighted by molar-refractivity contribution is 5.80. The van der Waals surface area contributed by atoms with Crippen LogP contribution in [0.5, 0.6) is 0 Å². The van der Waals surface area contributed by atoms with E-state index in [4.69, 9.17) is 10.5 Å². The number of isocyanates is 1. The van der Waals surface area contributed by atoms with Crippen LogP contribution in [0.3, 0.4) is 0 Å². The Labute approximate surface area is 77.0 Å². The van der Waals surface area contributed by atoms with E-state index in [1.807, 2.05) is 0 Å². The Morgan fingerprint density at radius 1 is 1.38 bits per heavy atom. The van der Waals surface area contributed by atoms with Gasteiger partial charge in [0.05, 0.1) is 0 Å². The van der Waals surface area contributed by atoms with Gasteiger partial charge < -0.3 is 4.74 Å². The highest BCUT2D eigenvalue weighted by Gasteiger charge is 2.32. The van der Waals surface area contributed by atoms with Crippen molar-refractivity contribution < 1.29 is 14.3 Å². The van der Waals surface area contributed by atoms with Gasteiger partial charge in [0.2, 0.25) is 11.7 Å². The van der Waals surface area contributed by atoms with E-state index in [-0.39, 0.29) is 0 Å². The van der Waals surface area contributed by atoms with Crippen LogP contribution < -0.4 is 5.73 Å². The number of nitrogens with two attached hydrogens (primary N) is 1. The van der Waals surface area contributed by atoms with Gasteiger partial charge >= 0.3 is 5.97 Å². The lowest BCUT2D eigenvalue weighted by molar-refractivity contribution is -0.160. The molecule has 0 bridgehead atoms. The molecule has 0 aliphatic rings. The van der Waals surface area contributed by atoms with Crippen molar-refractivity contribution in [3.05, 3.63) is 0 Å². The molecule has 1 unspecified atom stereocenters. The van der Waals surface area contributed by atoms with Gasteiger partial charge in [0, 0.05) is 0 Å². The van der Waals surface area contributed by atoms with E-state index in [0.717, 1.165) is 0 Å². The molecule has 0 aliphatic heterocycles. The van der Waals surface area contributed by atoms with E-state index >= 15 is 0 Å². The molecule has 13 heavy (non-hydrogen) atoms. The smallest absolute Gasteiger partial charge is 0.350 e. The summed E-state index contributed by atoms with van der Waals surface area (Å²) in [5, 5.41) is 0. The van der Waals surface area contributed by atoms with Gasteiger partial charge in [-0.15, -0.1) is 0 Å². The Morgan fingerprint density at radius 2 is 1.85 bits per heavy atom. The van der Waals surface area contributed by atoms with Crippen LogP contribution in [0.4, 0.5) is 0 Å². The van der Waals surface area contributed by atoms with Crippen LogP contribution in [0.2, 0.25) is 0 Å². The Bertz CT molecular complexity index is 247. The molecular formula is C8H14N2O3. The van der Waals surface area contributed by atoms with Crippen molar-refractivity contribution in [1.29, 1.82) is 0 Å². The predicted molar refractivity (Wildman–Crippen MR) is 46.6 cm³/mol. The average molecular weight is 186 g/mol. The molecule has 0 aliphatic carbocycles. The molecule has 0 amide bonds. The first-order valence-corrected chi connectivity index (χ1v) is 3.80. The van der Waals surface area contributed by atoms with Gasteiger partial charge in [-0.25, -0.2) is 9.59 Å². The number of nitrogens with zero attached hydrogens (tertiary/aromatic N) is 1. The normalized spacial score (nSPS) is 15.5. The molecule has 74 valence electrons. The minimum atomic E-state index is -1.64. The fourth-order valence-corrected chi connectivity index (χ4v) is 0.522. The summed E-state index contributed by atoms with van der Waals surface area (Å²) in [6, 6.07) is 0. The standard InChI is InChI=1S/C8H14N2O3/c1-7(2,3)13-6(12)8(4,9)10-5-11/h9H2,1-4H3. The molecule has 0 aromatic rings. The summed E-state index contributed by atoms with van der Waals surface area (Å²) in [5.74, 6) is -0.747. The molecule has 0 aromatic carbocycles. The topological polar surface area (TPSA) is 81.8 Å². The van der Waals surface area contributed by atoms with E-state index in [1.165, 1.54) is 13.0 Å². The summed E-state index contributed by atoms with van der Waals surface area (Å²) >= 11 is 0. The molecule has 0 aromatic heterocycles. The van der Waals surface area contributed by atoms with Crippen molar-refractivity contribution in [2.75, 3.05) is 0 Å². The Hall–Kier alpha value is -1.19. The van der Waals surface area contributed by atoms with E-state index in [9.17, 15) is 9.59 Å². The SMILES string of the molecule is CC(C)(C)OC(=O)C(C)(N)N=C=O. The molecule has 0 radical (unpaired) electrons. The first kappa shape index (κ1) is 11.8. The fourth-order valence-electron chi connectivity index (χ4n) is 0.522. The predicted octanol–water partition coefficient (Wildman–Crippen LogP) is 0.339. The van der Waals surface area contributed by atoms with Crippen LogP contribution in [0.25, 0.3) is 0 Å². The zero-order valence-electron chi connectivity index (χ0n) is 8.25. The third kappa shape index (κ3) is 4.40. The Kier molecular flexibility index (Phi) is 3.34. The number of esters is 1. The zero-order valence-corrected chi connectivity index (χ0v) is 8.25. The lowest BCUT2D eigenvalue weighted by atomic mass is 10.1. The van der Waals surface area contributed by atoms with Gasteiger partial charge in [-0.3, -0.25) is 5.73 Å². The lowest BCUT2D eigenvalue weighted by Gasteiger charge is -2.24. The maximum atomic E-state index is 11.3. The second-order valence-corrected chi connectivity index (χ2v) is 3.85. The van der Waals surface area contributed by atoms with Crippen LogP contribution in [-0.2, 0) is 14.3 Å². The van der Waals surface area contributed by atoms with Gasteiger partial charge in [-0.05, 0) is 27.7 Å². The van der Waals surface area contributed by atoms with Gasteiger partial charge in [0.1, 0.15) is 5.60 Å². The molecule has 0 saturated carbocycles. The monoisotopic (exact) mass is 186 g/mol. The van der Waals surface area contributed by atoms with Crippen molar-refractivity contribution in [2.24, 2.45) is 10.7 Å². The van der Waals surface area contributed by atoms with Crippen molar-refractivity contribution >= 4 is 12.0 Å². The molecule has 0 saturated heterocycles. The first-order chi connectivity index (χ1) is 5.69. The van der Waals surface area contributed by atoms with Gasteiger partial charge in [-0.2, -0.15) is 4.99 Å². The summed E-state index contributed by atoms with van der Waals surface area (Å²) in [6.45, 7) is 6.38. The van der Waals surface area contributed by atoms with Crippen LogP contribution in [-0.4, -0.2) is 23.3 Å². The Morgan fingerprint density at radius 3 is 2.15 bits per heavy atom. The van der Waals surface area contributed by atoms with Crippen molar-refractivity contribution in [1.82, 2.24) is 0 Å². The van der Waals surface area contributed by atoms with Gasteiger partial charge in [0.15, 0.2) is 0 Å². The van der Waals surface area contributed by atoms with Crippen molar-refractivity contribution in [3.63, 3.8) is 0 Å². The third-order valence-electron chi connectivity index (χ3n) is 1.09. The summed E-state index contributed by atoms with van der Waals surface area (Å²) in [6.07, 6.45) is 1.22. The van der Waals surface area contributed by atoms with Crippen LogP contribution >= 0.6 is 0 Å².